The molecule has 0 unspecified atom stereocenters. The Morgan fingerprint density at radius 1 is 1.50 bits per heavy atom. The van der Waals surface area contributed by atoms with Gasteiger partial charge in [0.15, 0.2) is 0 Å². The van der Waals surface area contributed by atoms with Gasteiger partial charge in [-0.1, -0.05) is 6.07 Å². The average molecular weight is 207 g/mol. The number of hydrogen-bond acceptors (Lipinski definition) is 5. The summed E-state index contributed by atoms with van der Waals surface area (Å²) in [5.74, 6) is 0. The minimum absolute atomic E-state index is 0.357. The van der Waals surface area contributed by atoms with Gasteiger partial charge in [0.1, 0.15) is 5.03 Å². The van der Waals surface area contributed by atoms with Gasteiger partial charge in [-0.25, -0.2) is 4.98 Å². The van der Waals surface area contributed by atoms with Crippen molar-refractivity contribution in [2.24, 2.45) is 0 Å². The molecule has 5 nitrogen and oxygen atoms in total. The molecule has 0 fully saturated rings. The van der Waals surface area contributed by atoms with Crippen LogP contribution in [0.4, 0.5) is 0 Å². The molecule has 12 heavy (non-hydrogen) atoms. The van der Waals surface area contributed by atoms with Gasteiger partial charge in [0, 0.05) is 6.20 Å². The van der Waals surface area contributed by atoms with E-state index in [-0.39, 0.29) is 0 Å². The molecule has 1 N–H and O–H groups in total. The minimum Gasteiger partial charge on any atom is -0.263 e. The molecule has 0 amide bonds. The molecule has 0 radical (unpaired) electrons. The van der Waals surface area contributed by atoms with Crippen LogP contribution in [-0.2, 0) is 14.0 Å². The molecule has 7 heteroatoms. The van der Waals surface area contributed by atoms with Crippen molar-refractivity contribution >= 4 is 22.4 Å². The lowest BCUT2D eigenvalue weighted by Gasteiger charge is -1.95. The van der Waals surface area contributed by atoms with Gasteiger partial charge in [-0.3, -0.25) is 4.55 Å². The van der Waals surface area contributed by atoms with Crippen LogP contribution in [-0.4, -0.2) is 18.0 Å². The van der Waals surface area contributed by atoms with E-state index in [2.05, 4.69) is 8.61 Å². The average Bonchev–Trinajstić information content (AvgIpc) is 2.02. The fourth-order valence-corrected chi connectivity index (χ4v) is 1.34. The van der Waals surface area contributed by atoms with Crippen molar-refractivity contribution < 1.29 is 16.6 Å². The molecule has 66 valence electrons. The van der Waals surface area contributed by atoms with Gasteiger partial charge in [-0.2, -0.15) is 12.0 Å². The van der Waals surface area contributed by atoms with Crippen molar-refractivity contribution in [3.8, 4) is 0 Å². The van der Waals surface area contributed by atoms with Gasteiger partial charge in [0.25, 0.3) is 0 Å². The van der Waals surface area contributed by atoms with E-state index in [1.807, 2.05) is 0 Å². The second-order valence-corrected chi connectivity index (χ2v) is 3.73. The molecule has 0 spiro atoms. The summed E-state index contributed by atoms with van der Waals surface area (Å²) < 4.78 is 32.4. The van der Waals surface area contributed by atoms with Crippen molar-refractivity contribution in [2.75, 3.05) is 0 Å². The van der Waals surface area contributed by atoms with Gasteiger partial charge in [0.05, 0.1) is 12.0 Å². The quantitative estimate of drug-likeness (QED) is 0.586. The molecule has 0 saturated carbocycles. The summed E-state index contributed by atoms with van der Waals surface area (Å²) in [5.41, 5.74) is 0. The predicted octanol–water partition coefficient (Wildman–Crippen LogP) is 0.908. The van der Waals surface area contributed by atoms with E-state index in [1.165, 1.54) is 6.20 Å². The van der Waals surface area contributed by atoms with Crippen molar-refractivity contribution in [1.29, 1.82) is 0 Å². The fraction of sp³-hybridized carbons (Fsp3) is 0. The number of aromatic nitrogens is 1. The summed E-state index contributed by atoms with van der Waals surface area (Å²) >= 11 is 0.478. The van der Waals surface area contributed by atoms with E-state index in [4.69, 9.17) is 4.55 Å². The molecule has 0 aliphatic rings. The molecule has 0 atom stereocenters. The molecule has 1 aromatic rings. The third kappa shape index (κ3) is 3.67. The van der Waals surface area contributed by atoms with Gasteiger partial charge in [0.2, 0.25) is 0 Å². The van der Waals surface area contributed by atoms with Gasteiger partial charge in [-0.15, -0.1) is 0 Å². The second kappa shape index (κ2) is 3.85. The van der Waals surface area contributed by atoms with Crippen molar-refractivity contribution in [3.63, 3.8) is 0 Å². The molecule has 0 aliphatic heterocycles. The molecule has 0 saturated heterocycles. The van der Waals surface area contributed by atoms with Crippen LogP contribution in [0.5, 0.6) is 0 Å². The Bertz CT molecular complexity index is 336. The lowest BCUT2D eigenvalue weighted by atomic mass is 10.5. The Hall–Kier alpha value is -0.630. The molecule has 0 bridgehead atoms. The first-order chi connectivity index (χ1) is 5.58. The zero-order valence-corrected chi connectivity index (χ0v) is 7.38. The van der Waals surface area contributed by atoms with E-state index in [9.17, 15) is 8.42 Å². The monoisotopic (exact) mass is 207 g/mol. The maximum absolute atomic E-state index is 10.1. The summed E-state index contributed by atoms with van der Waals surface area (Å²) in [5, 5.41) is 0.357. The number of nitrogens with zero attached hydrogens (tertiary/aromatic N) is 1. The number of hydrogen-bond donors (Lipinski definition) is 1. The Kier molecular flexibility index (Phi) is 3.04. The van der Waals surface area contributed by atoms with E-state index in [0.717, 1.165) is 0 Å². The first-order valence-electron chi connectivity index (χ1n) is 2.82. The highest BCUT2D eigenvalue weighted by molar-refractivity contribution is 8.02. The summed E-state index contributed by atoms with van der Waals surface area (Å²) in [4.78, 5) is 3.74. The Labute approximate surface area is 73.9 Å². The number of rotatable bonds is 3. The van der Waals surface area contributed by atoms with Crippen LogP contribution in [0, 0.1) is 0 Å². The molecule has 1 heterocycles. The zero-order chi connectivity index (χ0) is 9.03. The lowest BCUT2D eigenvalue weighted by Crippen LogP contribution is -1.96. The van der Waals surface area contributed by atoms with E-state index < -0.39 is 10.4 Å². The van der Waals surface area contributed by atoms with E-state index >= 15 is 0 Å². The standard InChI is InChI=1S/C5H5NO4S2/c7-12(8,9)10-11-5-3-1-2-4-6-5/h1-4H,(H,7,8,9). The zero-order valence-electron chi connectivity index (χ0n) is 5.75. The molecule has 1 aromatic heterocycles. The van der Waals surface area contributed by atoms with Crippen LogP contribution >= 0.6 is 12.0 Å². The van der Waals surface area contributed by atoms with Crippen molar-refractivity contribution in [1.82, 2.24) is 4.98 Å². The summed E-state index contributed by atoms with van der Waals surface area (Å²) in [6.45, 7) is 0. The van der Waals surface area contributed by atoms with E-state index in [1.54, 1.807) is 18.2 Å². The Balaban J connectivity index is 2.56. The van der Waals surface area contributed by atoms with Crippen molar-refractivity contribution in [2.45, 2.75) is 5.03 Å². The Morgan fingerprint density at radius 3 is 2.75 bits per heavy atom. The third-order valence-electron chi connectivity index (χ3n) is 0.843. The Morgan fingerprint density at radius 2 is 2.25 bits per heavy atom. The molecule has 0 aliphatic carbocycles. The van der Waals surface area contributed by atoms with Crippen LogP contribution in [0.3, 0.4) is 0 Å². The predicted molar refractivity (Wildman–Crippen MR) is 42.7 cm³/mol. The molecular weight excluding hydrogens is 202 g/mol. The van der Waals surface area contributed by atoms with Crippen LogP contribution < -0.4 is 0 Å². The number of pyridine rings is 1. The highest BCUT2D eigenvalue weighted by atomic mass is 32.3. The van der Waals surface area contributed by atoms with E-state index in [0.29, 0.717) is 17.1 Å². The largest absolute Gasteiger partial charge is 0.408 e. The molecular formula is C5H5NO4S2. The second-order valence-electron chi connectivity index (χ2n) is 1.75. The summed E-state index contributed by atoms with van der Waals surface area (Å²) in [7, 11) is -4.40. The summed E-state index contributed by atoms with van der Waals surface area (Å²) in [6.07, 6.45) is 1.48. The van der Waals surface area contributed by atoms with Crippen LogP contribution in [0.15, 0.2) is 29.4 Å². The maximum atomic E-state index is 10.1. The smallest absolute Gasteiger partial charge is 0.263 e. The summed E-state index contributed by atoms with van der Waals surface area (Å²) in [6, 6.07) is 4.90. The highest BCUT2D eigenvalue weighted by Crippen LogP contribution is 2.16. The van der Waals surface area contributed by atoms with Crippen LogP contribution in [0.1, 0.15) is 0 Å². The van der Waals surface area contributed by atoms with Crippen LogP contribution in [0.25, 0.3) is 0 Å². The lowest BCUT2D eigenvalue weighted by molar-refractivity contribution is 0.407. The topological polar surface area (TPSA) is 76.5 Å². The normalized spacial score (nSPS) is 11.4. The fourth-order valence-electron chi connectivity index (χ4n) is 0.474. The first-order valence-corrected chi connectivity index (χ1v) is 4.93. The highest BCUT2D eigenvalue weighted by Gasteiger charge is 2.06. The van der Waals surface area contributed by atoms with Crippen molar-refractivity contribution in [3.05, 3.63) is 24.4 Å². The van der Waals surface area contributed by atoms with Gasteiger partial charge < -0.3 is 0 Å². The maximum Gasteiger partial charge on any atom is 0.408 e. The van der Waals surface area contributed by atoms with Gasteiger partial charge >= 0.3 is 10.4 Å². The first kappa shape index (κ1) is 9.46. The van der Waals surface area contributed by atoms with Gasteiger partial charge in [-0.05, 0) is 12.1 Å². The molecule has 0 aromatic carbocycles. The minimum atomic E-state index is -4.40. The molecule has 1 rings (SSSR count). The SMILES string of the molecule is O=S(=O)(O)OSc1ccccn1. The third-order valence-corrected chi connectivity index (χ3v) is 2.22. The van der Waals surface area contributed by atoms with Crippen LogP contribution in [0.2, 0.25) is 0 Å².